The van der Waals surface area contributed by atoms with E-state index >= 15 is 0 Å². The Morgan fingerprint density at radius 2 is 2.00 bits per heavy atom. The molecule has 0 atom stereocenters. The number of pyridine rings is 1. The molecule has 1 amide bonds. The summed E-state index contributed by atoms with van der Waals surface area (Å²) in [6, 6.07) is 8.57. The standard InChI is InChI=1S/C15H15N3O3/c1-10(18-20)11-3-5-12(6-4-11)17-15(19)13-7-8-16-9-14(13)21-2/h3-9,20H,1-2H3,(H,17,19)/b18-10+. The zero-order valence-electron chi connectivity index (χ0n) is 11.7. The minimum absolute atomic E-state index is 0.283. The summed E-state index contributed by atoms with van der Waals surface area (Å²) in [5.41, 5.74) is 2.32. The monoisotopic (exact) mass is 285 g/mol. The fraction of sp³-hybridized carbons (Fsp3) is 0.133. The van der Waals surface area contributed by atoms with Gasteiger partial charge in [-0.25, -0.2) is 0 Å². The van der Waals surface area contributed by atoms with Gasteiger partial charge < -0.3 is 15.3 Å². The van der Waals surface area contributed by atoms with Gasteiger partial charge in [0.2, 0.25) is 0 Å². The van der Waals surface area contributed by atoms with Crippen molar-refractivity contribution in [3.8, 4) is 5.75 Å². The Labute approximate surface area is 122 Å². The first kappa shape index (κ1) is 14.5. The topological polar surface area (TPSA) is 83.8 Å². The third kappa shape index (κ3) is 3.36. The molecule has 0 saturated carbocycles. The van der Waals surface area contributed by atoms with Crippen LogP contribution in [-0.4, -0.2) is 28.9 Å². The SMILES string of the molecule is COc1cnccc1C(=O)Nc1ccc(/C(C)=N/O)cc1. The number of aromatic nitrogens is 1. The van der Waals surface area contributed by atoms with Gasteiger partial charge in [0.25, 0.3) is 5.91 Å². The highest BCUT2D eigenvalue weighted by molar-refractivity contribution is 6.06. The van der Waals surface area contributed by atoms with Crippen molar-refractivity contribution < 1.29 is 14.7 Å². The number of methoxy groups -OCH3 is 1. The van der Waals surface area contributed by atoms with Crippen molar-refractivity contribution in [1.82, 2.24) is 4.98 Å². The quantitative estimate of drug-likeness (QED) is 0.513. The van der Waals surface area contributed by atoms with E-state index in [1.54, 1.807) is 37.3 Å². The Morgan fingerprint density at radius 1 is 1.29 bits per heavy atom. The maximum Gasteiger partial charge on any atom is 0.259 e. The number of anilines is 1. The molecule has 0 aliphatic rings. The highest BCUT2D eigenvalue weighted by atomic mass is 16.5. The van der Waals surface area contributed by atoms with Crippen LogP contribution in [0, 0.1) is 0 Å². The van der Waals surface area contributed by atoms with Gasteiger partial charge >= 0.3 is 0 Å². The average molecular weight is 285 g/mol. The number of carbonyl (C=O) groups is 1. The molecule has 1 heterocycles. The first-order valence-electron chi connectivity index (χ1n) is 6.24. The van der Waals surface area contributed by atoms with Crippen molar-refractivity contribution in [3.05, 3.63) is 53.9 Å². The van der Waals surface area contributed by atoms with Gasteiger partial charge in [-0.15, -0.1) is 0 Å². The molecular formula is C15H15N3O3. The normalized spacial score (nSPS) is 11.0. The molecule has 108 valence electrons. The molecule has 1 aromatic heterocycles. The second-order valence-electron chi connectivity index (χ2n) is 4.29. The molecule has 0 unspecified atom stereocenters. The first-order valence-corrected chi connectivity index (χ1v) is 6.24. The fourth-order valence-corrected chi connectivity index (χ4v) is 1.78. The van der Waals surface area contributed by atoms with Crippen LogP contribution in [0.3, 0.4) is 0 Å². The lowest BCUT2D eigenvalue weighted by Gasteiger charge is -2.09. The second-order valence-corrected chi connectivity index (χ2v) is 4.29. The van der Waals surface area contributed by atoms with E-state index in [2.05, 4.69) is 15.5 Å². The largest absolute Gasteiger partial charge is 0.494 e. The summed E-state index contributed by atoms with van der Waals surface area (Å²) in [7, 11) is 1.49. The molecule has 21 heavy (non-hydrogen) atoms. The molecular weight excluding hydrogens is 270 g/mol. The Balaban J connectivity index is 2.16. The number of rotatable bonds is 4. The van der Waals surface area contributed by atoms with Gasteiger partial charge in [0, 0.05) is 11.9 Å². The predicted molar refractivity (Wildman–Crippen MR) is 79.2 cm³/mol. The van der Waals surface area contributed by atoms with E-state index < -0.39 is 0 Å². The van der Waals surface area contributed by atoms with Gasteiger partial charge in [-0.05, 0) is 30.7 Å². The lowest BCUT2D eigenvalue weighted by Crippen LogP contribution is -2.13. The van der Waals surface area contributed by atoms with Crippen LogP contribution < -0.4 is 10.1 Å². The van der Waals surface area contributed by atoms with E-state index in [0.717, 1.165) is 5.56 Å². The summed E-state index contributed by atoms with van der Waals surface area (Å²) >= 11 is 0. The molecule has 0 aliphatic carbocycles. The highest BCUT2D eigenvalue weighted by Gasteiger charge is 2.12. The molecule has 6 heteroatoms. The van der Waals surface area contributed by atoms with Crippen molar-refractivity contribution in [2.45, 2.75) is 6.92 Å². The van der Waals surface area contributed by atoms with Crippen LogP contribution in [0.15, 0.2) is 47.9 Å². The van der Waals surface area contributed by atoms with Crippen molar-refractivity contribution in [2.24, 2.45) is 5.16 Å². The van der Waals surface area contributed by atoms with Crippen LogP contribution in [0.2, 0.25) is 0 Å². The predicted octanol–water partition coefficient (Wildman–Crippen LogP) is 2.54. The molecule has 2 rings (SSSR count). The van der Waals surface area contributed by atoms with Gasteiger partial charge in [0.15, 0.2) is 0 Å². The van der Waals surface area contributed by atoms with Gasteiger partial charge in [-0.3, -0.25) is 9.78 Å². The number of oxime groups is 1. The highest BCUT2D eigenvalue weighted by Crippen LogP contribution is 2.18. The molecule has 0 saturated heterocycles. The van der Waals surface area contributed by atoms with Crippen molar-refractivity contribution >= 4 is 17.3 Å². The summed E-state index contributed by atoms with van der Waals surface area (Å²) in [4.78, 5) is 16.1. The third-order valence-corrected chi connectivity index (χ3v) is 2.96. The Morgan fingerprint density at radius 3 is 2.62 bits per heavy atom. The number of amides is 1. The molecule has 0 aliphatic heterocycles. The van der Waals surface area contributed by atoms with E-state index in [1.165, 1.54) is 19.5 Å². The van der Waals surface area contributed by atoms with E-state index in [4.69, 9.17) is 9.94 Å². The van der Waals surface area contributed by atoms with Crippen molar-refractivity contribution in [1.29, 1.82) is 0 Å². The summed E-state index contributed by atoms with van der Waals surface area (Å²) < 4.78 is 5.10. The summed E-state index contributed by atoms with van der Waals surface area (Å²) in [5.74, 6) is 0.129. The summed E-state index contributed by atoms with van der Waals surface area (Å²) in [6.07, 6.45) is 3.01. The Kier molecular flexibility index (Phi) is 4.50. The lowest BCUT2D eigenvalue weighted by atomic mass is 10.1. The van der Waals surface area contributed by atoms with Crippen molar-refractivity contribution in [2.75, 3.05) is 12.4 Å². The molecule has 0 bridgehead atoms. The van der Waals surface area contributed by atoms with Crippen LogP contribution >= 0.6 is 0 Å². The Hall–Kier alpha value is -2.89. The first-order chi connectivity index (χ1) is 10.2. The number of nitrogens with zero attached hydrogens (tertiary/aromatic N) is 2. The van der Waals surface area contributed by atoms with E-state index in [0.29, 0.717) is 22.7 Å². The number of nitrogens with one attached hydrogen (secondary N) is 1. The molecule has 0 radical (unpaired) electrons. The summed E-state index contributed by atoms with van der Waals surface area (Å²) in [5, 5.41) is 14.6. The van der Waals surface area contributed by atoms with Crippen LogP contribution in [-0.2, 0) is 0 Å². The maximum absolute atomic E-state index is 12.2. The zero-order chi connectivity index (χ0) is 15.2. The smallest absolute Gasteiger partial charge is 0.259 e. The number of hydrogen-bond donors (Lipinski definition) is 2. The number of ether oxygens (including phenoxy) is 1. The molecule has 0 spiro atoms. The Bertz CT molecular complexity index is 666. The average Bonchev–Trinajstić information content (AvgIpc) is 2.54. The van der Waals surface area contributed by atoms with Crippen LogP contribution in [0.5, 0.6) is 5.75 Å². The number of benzene rings is 1. The maximum atomic E-state index is 12.2. The minimum atomic E-state index is -0.283. The molecule has 6 nitrogen and oxygen atoms in total. The van der Waals surface area contributed by atoms with Crippen LogP contribution in [0.25, 0.3) is 0 Å². The summed E-state index contributed by atoms with van der Waals surface area (Å²) in [6.45, 7) is 1.69. The minimum Gasteiger partial charge on any atom is -0.494 e. The van der Waals surface area contributed by atoms with Gasteiger partial charge in [-0.1, -0.05) is 17.3 Å². The number of carbonyl (C=O) groups excluding carboxylic acids is 1. The van der Waals surface area contributed by atoms with Gasteiger partial charge in [-0.2, -0.15) is 0 Å². The van der Waals surface area contributed by atoms with Gasteiger partial charge in [0.05, 0.1) is 24.6 Å². The second kappa shape index (κ2) is 6.51. The number of hydrogen-bond acceptors (Lipinski definition) is 5. The molecule has 2 N–H and O–H groups in total. The van der Waals surface area contributed by atoms with Crippen LogP contribution in [0.1, 0.15) is 22.8 Å². The molecule has 1 aromatic carbocycles. The van der Waals surface area contributed by atoms with E-state index in [9.17, 15) is 4.79 Å². The van der Waals surface area contributed by atoms with E-state index in [-0.39, 0.29) is 5.91 Å². The third-order valence-electron chi connectivity index (χ3n) is 2.96. The molecule has 2 aromatic rings. The van der Waals surface area contributed by atoms with Gasteiger partial charge in [0.1, 0.15) is 5.75 Å². The lowest BCUT2D eigenvalue weighted by molar-refractivity contribution is 0.102. The zero-order valence-corrected chi connectivity index (χ0v) is 11.7. The van der Waals surface area contributed by atoms with E-state index in [1.807, 2.05) is 0 Å². The fourth-order valence-electron chi connectivity index (χ4n) is 1.78. The van der Waals surface area contributed by atoms with Crippen molar-refractivity contribution in [3.63, 3.8) is 0 Å². The van der Waals surface area contributed by atoms with Crippen LogP contribution in [0.4, 0.5) is 5.69 Å². The molecule has 0 fully saturated rings.